The first-order valence-electron chi connectivity index (χ1n) is 18.5. The summed E-state index contributed by atoms with van der Waals surface area (Å²) in [4.78, 5) is 15.0. The SMILES string of the molecule is c1ccc(-c2nc(-c3ccccc3)nc(-c3ccc4c5ccccc5c5cc(-c6cccc(-c7cccc8sc9ccccc9c78)c6)ccc5c4c3)n2)cc1. The predicted molar refractivity (Wildman–Crippen MR) is 232 cm³/mol. The number of aromatic nitrogens is 3. The van der Waals surface area contributed by atoms with Gasteiger partial charge in [-0.25, -0.2) is 15.0 Å². The molecule has 0 bridgehead atoms. The number of hydrogen-bond acceptors (Lipinski definition) is 4. The van der Waals surface area contributed by atoms with Crippen LogP contribution in [0.2, 0.25) is 0 Å². The van der Waals surface area contributed by atoms with Crippen LogP contribution in [0.5, 0.6) is 0 Å². The van der Waals surface area contributed by atoms with E-state index >= 15 is 0 Å². The van der Waals surface area contributed by atoms with Crippen LogP contribution >= 0.6 is 11.3 Å². The van der Waals surface area contributed by atoms with Gasteiger partial charge in [-0.1, -0.05) is 158 Å². The van der Waals surface area contributed by atoms with Gasteiger partial charge in [0, 0.05) is 36.9 Å². The van der Waals surface area contributed by atoms with E-state index in [1.165, 1.54) is 74.7 Å². The number of benzene rings is 9. The Morgan fingerprint density at radius 2 is 0.727 bits per heavy atom. The Hall–Kier alpha value is -7.01. The van der Waals surface area contributed by atoms with Crippen molar-refractivity contribution < 1.29 is 0 Å². The Bertz CT molecular complexity index is 3200. The molecule has 0 saturated heterocycles. The first-order valence-corrected chi connectivity index (χ1v) is 19.3. The molecule has 55 heavy (non-hydrogen) atoms. The molecule has 0 amide bonds. The summed E-state index contributed by atoms with van der Waals surface area (Å²) < 4.78 is 2.64. The fourth-order valence-electron chi connectivity index (χ4n) is 8.09. The molecule has 0 aliphatic rings. The minimum Gasteiger partial charge on any atom is -0.208 e. The highest BCUT2D eigenvalue weighted by Crippen LogP contribution is 2.42. The summed E-state index contributed by atoms with van der Waals surface area (Å²) in [6.07, 6.45) is 0. The Labute approximate surface area is 321 Å². The maximum Gasteiger partial charge on any atom is 0.164 e. The molecule has 11 rings (SSSR count). The molecule has 9 aromatic carbocycles. The van der Waals surface area contributed by atoms with Crippen LogP contribution in [0.1, 0.15) is 0 Å². The Morgan fingerprint density at radius 1 is 0.273 bits per heavy atom. The van der Waals surface area contributed by atoms with Gasteiger partial charge in [0.2, 0.25) is 0 Å². The summed E-state index contributed by atoms with van der Waals surface area (Å²) in [5.41, 5.74) is 7.74. The first-order chi connectivity index (χ1) is 27.2. The van der Waals surface area contributed by atoms with Gasteiger partial charge in [0.05, 0.1) is 0 Å². The standard InChI is InChI=1S/C51H31N3S/c1-3-13-32(14-4-1)49-52-50(33-15-5-2-6-16-33)54-51(53-49)37-26-28-41-39-19-7-8-20-40(39)44-30-35(25-27-42(44)45(41)31-37)34-17-11-18-36(29-34)38-22-12-24-47-48(38)43-21-9-10-23-46(43)55-47/h1-31H. The minimum atomic E-state index is 0.651. The second kappa shape index (κ2) is 12.8. The third-order valence-corrected chi connectivity index (χ3v) is 11.8. The quantitative estimate of drug-likeness (QED) is 0.166. The van der Waals surface area contributed by atoms with Crippen molar-refractivity contribution in [1.29, 1.82) is 0 Å². The van der Waals surface area contributed by atoms with Crippen molar-refractivity contribution in [2.75, 3.05) is 0 Å². The smallest absolute Gasteiger partial charge is 0.164 e. The van der Waals surface area contributed by atoms with Gasteiger partial charge in [0.1, 0.15) is 0 Å². The first kappa shape index (κ1) is 31.5. The van der Waals surface area contributed by atoms with Gasteiger partial charge < -0.3 is 0 Å². The van der Waals surface area contributed by atoms with E-state index in [9.17, 15) is 0 Å². The van der Waals surface area contributed by atoms with Crippen LogP contribution in [0.25, 0.3) is 109 Å². The van der Waals surface area contributed by atoms with Gasteiger partial charge in [-0.2, -0.15) is 0 Å². The molecule has 11 aromatic rings. The molecule has 2 aromatic heterocycles. The van der Waals surface area contributed by atoms with Crippen molar-refractivity contribution in [1.82, 2.24) is 15.0 Å². The molecule has 3 nitrogen and oxygen atoms in total. The highest BCUT2D eigenvalue weighted by atomic mass is 32.1. The van der Waals surface area contributed by atoms with Gasteiger partial charge in [-0.05, 0) is 84.9 Å². The number of thiophene rings is 1. The third kappa shape index (κ3) is 5.38. The Morgan fingerprint density at radius 3 is 1.44 bits per heavy atom. The second-order valence-corrected chi connectivity index (χ2v) is 15.0. The van der Waals surface area contributed by atoms with E-state index in [-0.39, 0.29) is 0 Å². The lowest BCUT2D eigenvalue weighted by molar-refractivity contribution is 1.07. The second-order valence-electron chi connectivity index (χ2n) is 14.0. The lowest BCUT2D eigenvalue weighted by Crippen LogP contribution is -2.00. The molecule has 0 unspecified atom stereocenters. The zero-order chi connectivity index (χ0) is 36.3. The van der Waals surface area contributed by atoms with Crippen molar-refractivity contribution >= 4 is 63.8 Å². The molecule has 0 aliphatic carbocycles. The Balaban J connectivity index is 1.08. The van der Waals surface area contributed by atoms with E-state index in [0.29, 0.717) is 17.5 Å². The lowest BCUT2D eigenvalue weighted by atomic mass is 9.90. The molecule has 4 heteroatoms. The molecular formula is C51H31N3S. The molecule has 0 saturated carbocycles. The summed E-state index contributed by atoms with van der Waals surface area (Å²) in [7, 11) is 0. The molecule has 2 heterocycles. The summed E-state index contributed by atoms with van der Waals surface area (Å²) in [5, 5.41) is 9.91. The summed E-state index contributed by atoms with van der Waals surface area (Å²) in [6.45, 7) is 0. The number of hydrogen-bond donors (Lipinski definition) is 0. The maximum atomic E-state index is 5.05. The van der Waals surface area contributed by atoms with E-state index in [2.05, 4.69) is 127 Å². The average Bonchev–Trinajstić information content (AvgIpc) is 3.66. The van der Waals surface area contributed by atoms with Crippen LogP contribution in [0.15, 0.2) is 188 Å². The molecule has 0 fully saturated rings. The fraction of sp³-hybridized carbons (Fsp3) is 0. The van der Waals surface area contributed by atoms with E-state index in [0.717, 1.165) is 16.7 Å². The molecular weight excluding hydrogens is 687 g/mol. The van der Waals surface area contributed by atoms with Gasteiger partial charge in [0.15, 0.2) is 17.5 Å². The van der Waals surface area contributed by atoms with Crippen LogP contribution in [0.3, 0.4) is 0 Å². The van der Waals surface area contributed by atoms with E-state index < -0.39 is 0 Å². The molecule has 0 atom stereocenters. The molecule has 0 N–H and O–H groups in total. The van der Waals surface area contributed by atoms with Gasteiger partial charge in [0.25, 0.3) is 0 Å². The van der Waals surface area contributed by atoms with Gasteiger partial charge in [-0.15, -0.1) is 11.3 Å². The maximum absolute atomic E-state index is 5.05. The van der Waals surface area contributed by atoms with Crippen LogP contribution in [-0.2, 0) is 0 Å². The van der Waals surface area contributed by atoms with Crippen LogP contribution in [0, 0.1) is 0 Å². The zero-order valence-corrected chi connectivity index (χ0v) is 30.5. The topological polar surface area (TPSA) is 38.7 Å². The molecule has 256 valence electrons. The van der Waals surface area contributed by atoms with E-state index in [1.54, 1.807) is 0 Å². The van der Waals surface area contributed by atoms with Crippen molar-refractivity contribution in [3.8, 4) is 56.4 Å². The van der Waals surface area contributed by atoms with E-state index in [1.807, 2.05) is 72.0 Å². The van der Waals surface area contributed by atoms with Crippen LogP contribution in [-0.4, -0.2) is 15.0 Å². The summed E-state index contributed by atoms with van der Waals surface area (Å²) in [6, 6.07) is 67.0. The molecule has 0 radical (unpaired) electrons. The van der Waals surface area contributed by atoms with Crippen molar-refractivity contribution in [2.24, 2.45) is 0 Å². The number of nitrogens with zero attached hydrogens (tertiary/aromatic N) is 3. The fourth-order valence-corrected chi connectivity index (χ4v) is 9.23. The zero-order valence-electron chi connectivity index (χ0n) is 29.6. The highest BCUT2D eigenvalue weighted by Gasteiger charge is 2.16. The van der Waals surface area contributed by atoms with Crippen molar-refractivity contribution in [2.45, 2.75) is 0 Å². The Kier molecular flexibility index (Phi) is 7.35. The van der Waals surface area contributed by atoms with Gasteiger partial charge in [-0.3, -0.25) is 0 Å². The molecule has 0 spiro atoms. The average molecular weight is 718 g/mol. The van der Waals surface area contributed by atoms with Crippen LogP contribution in [0.4, 0.5) is 0 Å². The predicted octanol–water partition coefficient (Wildman–Crippen LogP) is 14.0. The van der Waals surface area contributed by atoms with Crippen molar-refractivity contribution in [3.05, 3.63) is 188 Å². The minimum absolute atomic E-state index is 0.651. The third-order valence-electron chi connectivity index (χ3n) is 10.7. The highest BCUT2D eigenvalue weighted by molar-refractivity contribution is 7.25. The lowest BCUT2D eigenvalue weighted by Gasteiger charge is -2.14. The number of rotatable bonds is 5. The summed E-state index contributed by atoms with van der Waals surface area (Å²) >= 11 is 1.86. The molecule has 0 aliphatic heterocycles. The van der Waals surface area contributed by atoms with Crippen molar-refractivity contribution in [3.63, 3.8) is 0 Å². The van der Waals surface area contributed by atoms with Gasteiger partial charge >= 0.3 is 0 Å². The van der Waals surface area contributed by atoms with Crippen LogP contribution < -0.4 is 0 Å². The monoisotopic (exact) mass is 717 g/mol. The largest absolute Gasteiger partial charge is 0.208 e. The summed E-state index contributed by atoms with van der Waals surface area (Å²) in [5.74, 6) is 1.96. The number of fused-ring (bicyclic) bond motifs is 9. The van der Waals surface area contributed by atoms with E-state index in [4.69, 9.17) is 15.0 Å². The normalized spacial score (nSPS) is 11.6.